The van der Waals surface area contributed by atoms with Crippen LogP contribution in [0.15, 0.2) is 65.5 Å². The molecular formula is C19H16N4O2S. The molecule has 7 heteroatoms. The second kappa shape index (κ2) is 7.37. The number of hydrogen-bond donors (Lipinski definition) is 2. The van der Waals surface area contributed by atoms with Crippen molar-refractivity contribution in [2.24, 2.45) is 0 Å². The van der Waals surface area contributed by atoms with E-state index in [1.807, 2.05) is 42.5 Å². The molecule has 0 aliphatic carbocycles. The lowest BCUT2D eigenvalue weighted by molar-refractivity contribution is 0.251. The summed E-state index contributed by atoms with van der Waals surface area (Å²) in [6.45, 7) is 0.293. The van der Waals surface area contributed by atoms with E-state index in [-0.39, 0.29) is 6.03 Å². The number of nitrogens with zero attached hydrogens (tertiary/aromatic N) is 2. The number of nitrogens with one attached hydrogen (secondary N) is 2. The van der Waals surface area contributed by atoms with Crippen LogP contribution >= 0.6 is 11.3 Å². The highest BCUT2D eigenvalue weighted by Crippen LogP contribution is 2.24. The molecule has 2 heterocycles. The van der Waals surface area contributed by atoms with Gasteiger partial charge >= 0.3 is 6.03 Å². The number of oxazole rings is 1. The first-order valence-corrected chi connectivity index (χ1v) is 8.93. The summed E-state index contributed by atoms with van der Waals surface area (Å²) in [6.07, 6.45) is 3.67. The molecule has 0 aliphatic rings. The van der Waals surface area contributed by atoms with Crippen LogP contribution in [0, 0.1) is 0 Å². The fourth-order valence-electron chi connectivity index (χ4n) is 2.55. The Hall–Kier alpha value is -3.19. The Morgan fingerprint density at radius 3 is 2.73 bits per heavy atom. The van der Waals surface area contributed by atoms with E-state index in [1.165, 1.54) is 11.1 Å². The summed E-state index contributed by atoms with van der Waals surface area (Å²) in [5.74, 6) is 0.603. The lowest BCUT2D eigenvalue weighted by atomic mass is 10.1. The number of carbonyl (C=O) groups excluding carboxylic acids is 1. The van der Waals surface area contributed by atoms with E-state index < -0.39 is 0 Å². The van der Waals surface area contributed by atoms with Gasteiger partial charge in [0.05, 0.1) is 28.0 Å². The van der Waals surface area contributed by atoms with Gasteiger partial charge in [-0.05, 0) is 29.8 Å². The first-order valence-electron chi connectivity index (χ1n) is 8.12. The van der Waals surface area contributed by atoms with Gasteiger partial charge < -0.3 is 15.1 Å². The third kappa shape index (κ3) is 3.89. The SMILES string of the molecule is O=C(NCc1cnco1)Nc1ccc(Cc2nc3ccccc3s2)cc1. The van der Waals surface area contributed by atoms with Gasteiger partial charge in [-0.3, -0.25) is 0 Å². The Kier molecular flexibility index (Phi) is 4.61. The van der Waals surface area contributed by atoms with Crippen LogP contribution in [-0.2, 0) is 13.0 Å². The molecule has 26 heavy (non-hydrogen) atoms. The minimum absolute atomic E-state index is 0.291. The third-order valence-electron chi connectivity index (χ3n) is 3.81. The van der Waals surface area contributed by atoms with Crippen molar-refractivity contribution < 1.29 is 9.21 Å². The van der Waals surface area contributed by atoms with Crippen LogP contribution in [0.3, 0.4) is 0 Å². The summed E-state index contributed by atoms with van der Waals surface area (Å²) in [4.78, 5) is 20.3. The zero-order valence-electron chi connectivity index (χ0n) is 13.8. The Morgan fingerprint density at radius 2 is 1.96 bits per heavy atom. The molecule has 130 valence electrons. The Balaban J connectivity index is 1.34. The van der Waals surface area contributed by atoms with Crippen molar-refractivity contribution in [1.29, 1.82) is 0 Å². The third-order valence-corrected chi connectivity index (χ3v) is 4.85. The van der Waals surface area contributed by atoms with Crippen molar-refractivity contribution in [3.8, 4) is 0 Å². The maximum atomic E-state index is 11.9. The maximum Gasteiger partial charge on any atom is 0.319 e. The molecule has 0 atom stereocenters. The number of rotatable bonds is 5. The Bertz CT molecular complexity index is 977. The van der Waals surface area contributed by atoms with E-state index in [0.29, 0.717) is 12.3 Å². The van der Waals surface area contributed by atoms with Crippen molar-refractivity contribution in [3.05, 3.63) is 77.5 Å². The first kappa shape index (κ1) is 16.3. The normalized spacial score (nSPS) is 10.8. The quantitative estimate of drug-likeness (QED) is 0.556. The molecule has 0 saturated carbocycles. The highest BCUT2D eigenvalue weighted by atomic mass is 32.1. The zero-order valence-corrected chi connectivity index (χ0v) is 14.6. The molecule has 0 spiro atoms. The lowest BCUT2D eigenvalue weighted by Gasteiger charge is -2.07. The van der Waals surface area contributed by atoms with E-state index >= 15 is 0 Å². The van der Waals surface area contributed by atoms with Crippen molar-refractivity contribution in [1.82, 2.24) is 15.3 Å². The molecule has 0 aliphatic heterocycles. The molecule has 0 saturated heterocycles. The maximum absolute atomic E-state index is 11.9. The second-order valence-corrected chi connectivity index (χ2v) is 6.84. The van der Waals surface area contributed by atoms with E-state index in [1.54, 1.807) is 17.5 Å². The van der Waals surface area contributed by atoms with Crippen LogP contribution in [0.5, 0.6) is 0 Å². The Morgan fingerprint density at radius 1 is 1.12 bits per heavy atom. The summed E-state index contributed by atoms with van der Waals surface area (Å²) >= 11 is 1.71. The number of amides is 2. The molecule has 4 rings (SSSR count). The number of fused-ring (bicyclic) bond motifs is 1. The fraction of sp³-hybridized carbons (Fsp3) is 0.105. The Labute approximate surface area is 153 Å². The molecule has 2 aromatic heterocycles. The average Bonchev–Trinajstić information content (AvgIpc) is 3.30. The van der Waals surface area contributed by atoms with Gasteiger partial charge in [-0.1, -0.05) is 24.3 Å². The summed E-state index contributed by atoms with van der Waals surface area (Å²) in [5.41, 5.74) is 2.92. The van der Waals surface area contributed by atoms with Gasteiger partial charge in [-0.2, -0.15) is 0 Å². The number of hydrogen-bond acceptors (Lipinski definition) is 5. The van der Waals surface area contributed by atoms with Crippen LogP contribution in [0.1, 0.15) is 16.3 Å². The summed E-state index contributed by atoms with van der Waals surface area (Å²) in [7, 11) is 0. The molecule has 6 nitrogen and oxygen atoms in total. The largest absolute Gasteiger partial charge is 0.447 e. The highest BCUT2D eigenvalue weighted by Gasteiger charge is 2.06. The predicted molar refractivity (Wildman–Crippen MR) is 101 cm³/mol. The van der Waals surface area contributed by atoms with Crippen molar-refractivity contribution in [3.63, 3.8) is 0 Å². The highest BCUT2D eigenvalue weighted by molar-refractivity contribution is 7.18. The van der Waals surface area contributed by atoms with Gasteiger partial charge in [0.2, 0.25) is 0 Å². The standard InChI is InChI=1S/C19H16N4O2S/c24-19(21-11-15-10-20-12-25-15)22-14-7-5-13(6-8-14)9-18-23-16-3-1-2-4-17(16)26-18/h1-8,10,12H,9,11H2,(H2,21,22,24). The number of benzene rings is 2. The summed E-state index contributed by atoms with van der Waals surface area (Å²) < 4.78 is 6.27. The second-order valence-electron chi connectivity index (χ2n) is 5.72. The number of anilines is 1. The molecule has 0 radical (unpaired) electrons. The predicted octanol–water partition coefficient (Wildman–Crippen LogP) is 4.20. The monoisotopic (exact) mass is 364 g/mol. The molecule has 4 aromatic rings. The van der Waals surface area contributed by atoms with Gasteiger partial charge in [0.1, 0.15) is 5.76 Å². The average molecular weight is 364 g/mol. The van der Waals surface area contributed by atoms with Crippen LogP contribution in [0.2, 0.25) is 0 Å². The number of aromatic nitrogens is 2. The van der Waals surface area contributed by atoms with Crippen LogP contribution in [-0.4, -0.2) is 16.0 Å². The summed E-state index contributed by atoms with van der Waals surface area (Å²) in [5, 5.41) is 6.58. The van der Waals surface area contributed by atoms with Gasteiger partial charge in [-0.15, -0.1) is 11.3 Å². The van der Waals surface area contributed by atoms with Gasteiger partial charge in [0.25, 0.3) is 0 Å². The molecule has 0 bridgehead atoms. The molecular weight excluding hydrogens is 348 g/mol. The topological polar surface area (TPSA) is 80.0 Å². The van der Waals surface area contributed by atoms with E-state index in [0.717, 1.165) is 28.2 Å². The molecule has 0 unspecified atom stereocenters. The molecule has 2 aromatic carbocycles. The van der Waals surface area contributed by atoms with Gasteiger partial charge in [0, 0.05) is 12.1 Å². The van der Waals surface area contributed by atoms with Crippen molar-refractivity contribution in [2.45, 2.75) is 13.0 Å². The number of thiazole rings is 1. The van der Waals surface area contributed by atoms with Crippen LogP contribution in [0.4, 0.5) is 10.5 Å². The summed E-state index contributed by atoms with van der Waals surface area (Å²) in [6, 6.07) is 15.6. The first-order chi connectivity index (χ1) is 12.8. The molecule has 2 N–H and O–H groups in total. The van der Waals surface area contributed by atoms with Gasteiger partial charge in [0.15, 0.2) is 6.39 Å². The number of urea groups is 1. The van der Waals surface area contributed by atoms with Crippen molar-refractivity contribution >= 4 is 33.3 Å². The molecule has 2 amide bonds. The van der Waals surface area contributed by atoms with Crippen LogP contribution < -0.4 is 10.6 Å². The smallest absolute Gasteiger partial charge is 0.319 e. The number of para-hydroxylation sites is 1. The molecule has 0 fully saturated rings. The van der Waals surface area contributed by atoms with E-state index in [2.05, 4.69) is 26.7 Å². The van der Waals surface area contributed by atoms with Crippen molar-refractivity contribution in [2.75, 3.05) is 5.32 Å². The van der Waals surface area contributed by atoms with Crippen LogP contribution in [0.25, 0.3) is 10.2 Å². The zero-order chi connectivity index (χ0) is 17.8. The van der Waals surface area contributed by atoms with E-state index in [9.17, 15) is 4.79 Å². The minimum atomic E-state index is -0.291. The van der Waals surface area contributed by atoms with Gasteiger partial charge in [-0.25, -0.2) is 14.8 Å². The fourth-order valence-corrected chi connectivity index (χ4v) is 3.55. The minimum Gasteiger partial charge on any atom is -0.447 e. The number of carbonyl (C=O) groups is 1. The lowest BCUT2D eigenvalue weighted by Crippen LogP contribution is -2.27. The van der Waals surface area contributed by atoms with E-state index in [4.69, 9.17) is 4.42 Å².